The molecule has 0 atom stereocenters. The van der Waals surface area contributed by atoms with Gasteiger partial charge in [0.25, 0.3) is 0 Å². The summed E-state index contributed by atoms with van der Waals surface area (Å²) in [5.41, 5.74) is 1.62. The van der Waals surface area contributed by atoms with E-state index in [4.69, 9.17) is 11.6 Å². The van der Waals surface area contributed by atoms with Crippen molar-refractivity contribution in [2.75, 3.05) is 0 Å². The summed E-state index contributed by atoms with van der Waals surface area (Å²) in [6.45, 7) is 1.90. The van der Waals surface area contributed by atoms with Gasteiger partial charge in [0.05, 0.1) is 16.3 Å². The summed E-state index contributed by atoms with van der Waals surface area (Å²) in [7, 11) is 0. The van der Waals surface area contributed by atoms with Crippen molar-refractivity contribution in [3.63, 3.8) is 0 Å². The van der Waals surface area contributed by atoms with Crippen LogP contribution in [0.3, 0.4) is 0 Å². The number of hydrogen-bond donors (Lipinski definition) is 1. The first-order valence-corrected chi connectivity index (χ1v) is 7.36. The van der Waals surface area contributed by atoms with Crippen LogP contribution < -0.4 is 0 Å². The fourth-order valence-corrected chi connectivity index (χ4v) is 3.20. The first-order chi connectivity index (χ1) is 9.65. The van der Waals surface area contributed by atoms with Crippen molar-refractivity contribution in [2.24, 2.45) is 4.99 Å². The molecule has 4 heteroatoms. The summed E-state index contributed by atoms with van der Waals surface area (Å²) in [5.74, 6) is 0.306. The van der Waals surface area contributed by atoms with Gasteiger partial charge in [0, 0.05) is 15.1 Å². The monoisotopic (exact) mass is 301 g/mol. The van der Waals surface area contributed by atoms with Crippen molar-refractivity contribution in [2.45, 2.75) is 6.92 Å². The van der Waals surface area contributed by atoms with E-state index in [1.54, 1.807) is 23.5 Å². The lowest BCUT2D eigenvalue weighted by Gasteiger charge is -1.99. The molecule has 0 saturated heterocycles. The average molecular weight is 302 g/mol. The van der Waals surface area contributed by atoms with Gasteiger partial charge in [-0.05, 0) is 43.3 Å². The molecule has 0 spiro atoms. The number of fused-ring (bicyclic) bond motifs is 1. The highest BCUT2D eigenvalue weighted by atomic mass is 35.5. The Bertz CT molecular complexity index is 790. The number of hydrogen-bond acceptors (Lipinski definition) is 3. The average Bonchev–Trinajstić information content (AvgIpc) is 2.79. The number of rotatable bonds is 2. The van der Waals surface area contributed by atoms with Crippen LogP contribution in [-0.4, -0.2) is 10.8 Å². The van der Waals surface area contributed by atoms with Crippen LogP contribution in [-0.2, 0) is 0 Å². The van der Waals surface area contributed by atoms with Gasteiger partial charge in [0.2, 0.25) is 0 Å². The third kappa shape index (κ3) is 2.42. The molecule has 0 aliphatic rings. The second-order valence-corrected chi connectivity index (χ2v) is 5.94. The smallest absolute Gasteiger partial charge is 0.143 e. The summed E-state index contributed by atoms with van der Waals surface area (Å²) in [6.07, 6.45) is 0. The normalized spacial score (nSPS) is 12.0. The molecule has 2 nitrogen and oxygen atoms in total. The van der Waals surface area contributed by atoms with Gasteiger partial charge in [-0.1, -0.05) is 23.7 Å². The number of aromatic hydroxyl groups is 1. The largest absolute Gasteiger partial charge is 0.506 e. The zero-order valence-corrected chi connectivity index (χ0v) is 12.4. The number of nitrogens with zero attached hydrogens (tertiary/aromatic N) is 1. The van der Waals surface area contributed by atoms with Gasteiger partial charge in [0.15, 0.2) is 0 Å². The quantitative estimate of drug-likeness (QED) is 0.631. The van der Waals surface area contributed by atoms with Gasteiger partial charge in [-0.25, -0.2) is 0 Å². The van der Waals surface area contributed by atoms with Gasteiger partial charge in [-0.15, -0.1) is 11.3 Å². The Morgan fingerprint density at radius 3 is 2.50 bits per heavy atom. The maximum atomic E-state index is 10.3. The third-order valence-electron chi connectivity index (χ3n) is 3.02. The van der Waals surface area contributed by atoms with Crippen LogP contribution in [0, 0.1) is 0 Å². The molecular weight excluding hydrogens is 290 g/mol. The van der Waals surface area contributed by atoms with Crippen molar-refractivity contribution in [1.29, 1.82) is 0 Å². The predicted octanol–water partition coefficient (Wildman–Crippen LogP) is 5.40. The molecule has 3 aromatic rings. The van der Waals surface area contributed by atoms with Crippen molar-refractivity contribution in [3.05, 3.63) is 58.4 Å². The maximum absolute atomic E-state index is 10.3. The van der Waals surface area contributed by atoms with Crippen molar-refractivity contribution >= 4 is 44.4 Å². The summed E-state index contributed by atoms with van der Waals surface area (Å²) in [4.78, 5) is 5.34. The lowest BCUT2D eigenvalue weighted by Crippen LogP contribution is -1.89. The van der Waals surface area contributed by atoms with Crippen molar-refractivity contribution < 1.29 is 5.11 Å². The molecule has 0 bridgehead atoms. The van der Waals surface area contributed by atoms with Gasteiger partial charge in [-0.3, -0.25) is 4.99 Å². The Labute approximate surface area is 126 Å². The van der Waals surface area contributed by atoms with Crippen LogP contribution in [0.5, 0.6) is 5.75 Å². The van der Waals surface area contributed by atoms with Crippen LogP contribution in [0.25, 0.3) is 10.1 Å². The molecule has 0 saturated carbocycles. The van der Waals surface area contributed by atoms with E-state index in [1.165, 1.54) is 0 Å². The van der Waals surface area contributed by atoms with Crippen LogP contribution in [0.15, 0.2) is 53.5 Å². The zero-order valence-electron chi connectivity index (χ0n) is 10.8. The molecular formula is C16H12ClNOS. The molecule has 0 amide bonds. The minimum atomic E-state index is 0.306. The topological polar surface area (TPSA) is 32.6 Å². The Kier molecular flexibility index (Phi) is 3.47. The lowest BCUT2D eigenvalue weighted by molar-refractivity contribution is 0.482. The Morgan fingerprint density at radius 2 is 1.80 bits per heavy atom. The van der Waals surface area contributed by atoms with Crippen LogP contribution in [0.1, 0.15) is 11.8 Å². The Balaban J connectivity index is 2.05. The molecule has 0 aliphatic carbocycles. The summed E-state index contributed by atoms with van der Waals surface area (Å²) < 4.78 is 1.06. The molecule has 3 rings (SSSR count). The Morgan fingerprint density at radius 1 is 1.10 bits per heavy atom. The molecule has 1 aromatic heterocycles. The molecule has 0 radical (unpaired) electrons. The standard InChI is InChI=1S/C16H12ClNOS/c1-10(18-12-8-6-11(17)7-9-12)16-15(19)13-4-2-3-5-14(13)20-16/h2-9,19H,1H3. The van der Waals surface area contributed by atoms with E-state index in [0.29, 0.717) is 10.8 Å². The fraction of sp³-hybridized carbons (Fsp3) is 0.0625. The summed E-state index contributed by atoms with van der Waals surface area (Å²) in [6, 6.07) is 15.1. The predicted molar refractivity (Wildman–Crippen MR) is 86.8 cm³/mol. The molecule has 2 aromatic carbocycles. The van der Waals surface area contributed by atoms with E-state index < -0.39 is 0 Å². The van der Waals surface area contributed by atoms with Gasteiger partial charge >= 0.3 is 0 Å². The van der Waals surface area contributed by atoms with E-state index in [1.807, 2.05) is 43.3 Å². The first kappa shape index (κ1) is 13.2. The highest BCUT2D eigenvalue weighted by molar-refractivity contribution is 7.21. The van der Waals surface area contributed by atoms with Crippen molar-refractivity contribution in [3.8, 4) is 5.75 Å². The molecule has 100 valence electrons. The fourth-order valence-electron chi connectivity index (χ4n) is 2.04. The molecule has 1 heterocycles. The molecule has 1 N–H and O–H groups in total. The van der Waals surface area contributed by atoms with Gasteiger partial charge in [-0.2, -0.15) is 0 Å². The van der Waals surface area contributed by atoms with Crippen LogP contribution >= 0.6 is 22.9 Å². The second-order valence-electron chi connectivity index (χ2n) is 4.45. The molecule has 20 heavy (non-hydrogen) atoms. The zero-order chi connectivity index (χ0) is 14.1. The van der Waals surface area contributed by atoms with E-state index >= 15 is 0 Å². The summed E-state index contributed by atoms with van der Waals surface area (Å²) >= 11 is 7.41. The number of benzene rings is 2. The molecule has 0 aliphatic heterocycles. The molecule has 0 unspecified atom stereocenters. The third-order valence-corrected chi connectivity index (χ3v) is 4.54. The highest BCUT2D eigenvalue weighted by Crippen LogP contribution is 2.37. The minimum absolute atomic E-state index is 0.306. The number of thiophene rings is 1. The van der Waals surface area contributed by atoms with Crippen LogP contribution in [0.2, 0.25) is 5.02 Å². The van der Waals surface area contributed by atoms with E-state index in [-0.39, 0.29) is 0 Å². The highest BCUT2D eigenvalue weighted by Gasteiger charge is 2.12. The number of aliphatic imine (C=N–C) groups is 1. The minimum Gasteiger partial charge on any atom is -0.506 e. The molecule has 0 fully saturated rings. The van der Waals surface area contributed by atoms with Gasteiger partial charge < -0.3 is 5.11 Å². The van der Waals surface area contributed by atoms with Crippen molar-refractivity contribution in [1.82, 2.24) is 0 Å². The SMILES string of the molecule is CC(=Nc1ccc(Cl)cc1)c1sc2ccccc2c1O. The lowest BCUT2D eigenvalue weighted by atomic mass is 10.2. The van der Waals surface area contributed by atoms with Gasteiger partial charge in [0.1, 0.15) is 5.75 Å². The first-order valence-electron chi connectivity index (χ1n) is 6.17. The Hall–Kier alpha value is -1.84. The van der Waals surface area contributed by atoms with E-state index in [0.717, 1.165) is 26.4 Å². The number of halogens is 1. The van der Waals surface area contributed by atoms with E-state index in [2.05, 4.69) is 4.99 Å². The second kappa shape index (κ2) is 5.27. The maximum Gasteiger partial charge on any atom is 0.143 e. The van der Waals surface area contributed by atoms with E-state index in [9.17, 15) is 5.11 Å². The summed E-state index contributed by atoms with van der Waals surface area (Å²) in [5, 5.41) is 11.9. The van der Waals surface area contributed by atoms with Crippen LogP contribution in [0.4, 0.5) is 5.69 Å².